The number of nitrogens with zero attached hydrogens (tertiary/aromatic N) is 3. The van der Waals surface area contributed by atoms with Crippen LogP contribution in [0.2, 0.25) is 0 Å². The molecule has 0 bridgehead atoms. The van der Waals surface area contributed by atoms with Crippen LogP contribution in [0.25, 0.3) is 11.4 Å². The second-order valence-electron chi connectivity index (χ2n) is 5.11. The van der Waals surface area contributed by atoms with Crippen molar-refractivity contribution in [3.05, 3.63) is 59.1 Å². The Morgan fingerprint density at radius 1 is 1.17 bits per heavy atom. The molecule has 0 radical (unpaired) electrons. The number of amides is 2. The number of rotatable bonds is 4. The van der Waals surface area contributed by atoms with E-state index >= 15 is 0 Å². The maximum absolute atomic E-state index is 12.1. The van der Waals surface area contributed by atoms with Gasteiger partial charge in [0, 0.05) is 28.1 Å². The van der Waals surface area contributed by atoms with Gasteiger partial charge in [0.1, 0.15) is 5.82 Å². The number of urea groups is 1. The third-order valence-electron chi connectivity index (χ3n) is 3.30. The highest BCUT2D eigenvalue weighted by atomic mass is 79.9. The number of hydrogen-bond acceptors (Lipinski definition) is 4. The summed E-state index contributed by atoms with van der Waals surface area (Å²) in [6.07, 6.45) is 3.36. The predicted molar refractivity (Wildman–Crippen MR) is 94.3 cm³/mol. The Hall–Kier alpha value is -2.74. The molecule has 0 spiro atoms. The van der Waals surface area contributed by atoms with Gasteiger partial charge in [-0.25, -0.2) is 9.78 Å². The molecular formula is C16H15BrN6O. The quantitative estimate of drug-likeness (QED) is 0.639. The van der Waals surface area contributed by atoms with Gasteiger partial charge in [0.15, 0.2) is 5.82 Å². The van der Waals surface area contributed by atoms with E-state index in [-0.39, 0.29) is 12.1 Å². The molecule has 7 nitrogen and oxygen atoms in total. The van der Waals surface area contributed by atoms with Gasteiger partial charge in [0.05, 0.1) is 6.04 Å². The third kappa shape index (κ3) is 3.96. The molecule has 3 rings (SSSR count). The van der Waals surface area contributed by atoms with Crippen LogP contribution in [0.5, 0.6) is 0 Å². The van der Waals surface area contributed by atoms with E-state index in [1.54, 1.807) is 12.4 Å². The molecule has 2 aromatic heterocycles. The summed E-state index contributed by atoms with van der Waals surface area (Å²) in [6.45, 7) is 1.83. The van der Waals surface area contributed by atoms with Crippen molar-refractivity contribution in [1.29, 1.82) is 0 Å². The van der Waals surface area contributed by atoms with Crippen molar-refractivity contribution >= 4 is 27.6 Å². The van der Waals surface area contributed by atoms with E-state index in [1.807, 2.05) is 43.3 Å². The molecule has 0 fully saturated rings. The van der Waals surface area contributed by atoms with Gasteiger partial charge in [-0.3, -0.25) is 10.1 Å². The average Bonchev–Trinajstić information content (AvgIpc) is 3.08. The van der Waals surface area contributed by atoms with Crippen LogP contribution in [0.3, 0.4) is 0 Å². The minimum absolute atomic E-state index is 0.313. The topological polar surface area (TPSA) is 95.6 Å². The maximum atomic E-state index is 12.1. The monoisotopic (exact) mass is 386 g/mol. The van der Waals surface area contributed by atoms with Crippen LogP contribution in [0.1, 0.15) is 18.8 Å². The zero-order chi connectivity index (χ0) is 16.9. The van der Waals surface area contributed by atoms with Gasteiger partial charge in [-0.15, -0.1) is 0 Å². The minimum Gasteiger partial charge on any atom is -0.328 e. The standard InChI is InChI=1S/C16H15BrN6O/c1-10(19-16(24)20-13-4-2-12(17)3-5-13)14-21-15(23-22-14)11-6-8-18-9-7-11/h2-10H,1H3,(H2,19,20,24)(H,21,22,23)/t10-/m1/s1. The number of benzene rings is 1. The molecule has 0 aliphatic carbocycles. The van der Waals surface area contributed by atoms with Gasteiger partial charge >= 0.3 is 6.03 Å². The number of aromatic nitrogens is 4. The van der Waals surface area contributed by atoms with Gasteiger partial charge in [-0.1, -0.05) is 15.9 Å². The van der Waals surface area contributed by atoms with Crippen molar-refractivity contribution in [3.8, 4) is 11.4 Å². The van der Waals surface area contributed by atoms with Crippen molar-refractivity contribution in [2.24, 2.45) is 0 Å². The zero-order valence-corrected chi connectivity index (χ0v) is 14.4. The van der Waals surface area contributed by atoms with Crippen molar-refractivity contribution in [2.45, 2.75) is 13.0 Å². The largest absolute Gasteiger partial charge is 0.328 e. The Kier molecular flexibility index (Phi) is 4.85. The van der Waals surface area contributed by atoms with Gasteiger partial charge in [0.2, 0.25) is 0 Å². The molecule has 1 atom stereocenters. The SMILES string of the molecule is C[C@@H](NC(=O)Nc1ccc(Br)cc1)c1nc(-c2ccncc2)n[nH]1. The first-order valence-corrected chi connectivity index (χ1v) is 8.07. The molecule has 24 heavy (non-hydrogen) atoms. The first-order valence-electron chi connectivity index (χ1n) is 7.27. The lowest BCUT2D eigenvalue weighted by atomic mass is 10.2. The molecule has 122 valence electrons. The van der Waals surface area contributed by atoms with E-state index < -0.39 is 0 Å². The molecule has 2 amide bonds. The van der Waals surface area contributed by atoms with E-state index in [4.69, 9.17) is 0 Å². The summed E-state index contributed by atoms with van der Waals surface area (Å²) in [5.41, 5.74) is 1.57. The van der Waals surface area contributed by atoms with Gasteiger partial charge in [0.25, 0.3) is 0 Å². The zero-order valence-electron chi connectivity index (χ0n) is 12.8. The van der Waals surface area contributed by atoms with Crippen LogP contribution in [-0.4, -0.2) is 26.2 Å². The van der Waals surface area contributed by atoms with E-state index in [9.17, 15) is 4.79 Å². The van der Waals surface area contributed by atoms with Crippen molar-refractivity contribution in [1.82, 2.24) is 25.5 Å². The lowest BCUT2D eigenvalue weighted by Gasteiger charge is -2.12. The summed E-state index contributed by atoms with van der Waals surface area (Å²) in [6, 6.07) is 10.4. The molecular weight excluding hydrogens is 372 g/mol. The fourth-order valence-electron chi connectivity index (χ4n) is 2.06. The van der Waals surface area contributed by atoms with Gasteiger partial charge < -0.3 is 10.6 Å². The molecule has 0 aliphatic heterocycles. The van der Waals surface area contributed by atoms with Crippen LogP contribution in [0.15, 0.2) is 53.3 Å². The number of carbonyl (C=O) groups excluding carboxylic acids is 1. The number of anilines is 1. The predicted octanol–water partition coefficient (Wildman–Crippen LogP) is 3.51. The lowest BCUT2D eigenvalue weighted by Crippen LogP contribution is -2.31. The second kappa shape index (κ2) is 7.22. The number of halogens is 1. The molecule has 2 heterocycles. The highest BCUT2D eigenvalue weighted by molar-refractivity contribution is 9.10. The number of nitrogens with one attached hydrogen (secondary N) is 3. The summed E-state index contributed by atoms with van der Waals surface area (Å²) < 4.78 is 0.951. The average molecular weight is 387 g/mol. The van der Waals surface area contributed by atoms with Gasteiger partial charge in [-0.2, -0.15) is 5.10 Å². The van der Waals surface area contributed by atoms with Crippen LogP contribution in [-0.2, 0) is 0 Å². The molecule has 1 aromatic carbocycles. The normalized spacial score (nSPS) is 11.8. The fraction of sp³-hybridized carbons (Fsp3) is 0.125. The highest BCUT2D eigenvalue weighted by Gasteiger charge is 2.14. The summed E-state index contributed by atoms with van der Waals surface area (Å²) in [5.74, 6) is 1.14. The van der Waals surface area contributed by atoms with Crippen molar-refractivity contribution in [3.63, 3.8) is 0 Å². The third-order valence-corrected chi connectivity index (χ3v) is 3.83. The van der Waals surface area contributed by atoms with Crippen LogP contribution < -0.4 is 10.6 Å². The van der Waals surface area contributed by atoms with E-state index in [1.165, 1.54) is 0 Å². The number of H-pyrrole nitrogens is 1. The smallest absolute Gasteiger partial charge is 0.319 e. The number of carbonyl (C=O) groups is 1. The van der Waals surface area contributed by atoms with Crippen molar-refractivity contribution in [2.75, 3.05) is 5.32 Å². The Morgan fingerprint density at radius 2 is 1.88 bits per heavy atom. The first kappa shape index (κ1) is 16.1. The second-order valence-corrected chi connectivity index (χ2v) is 6.02. The summed E-state index contributed by atoms with van der Waals surface area (Å²) in [5, 5.41) is 12.6. The van der Waals surface area contributed by atoms with Gasteiger partial charge in [-0.05, 0) is 43.3 Å². The number of hydrogen-bond donors (Lipinski definition) is 3. The minimum atomic E-state index is -0.316. The lowest BCUT2D eigenvalue weighted by molar-refractivity contribution is 0.249. The molecule has 0 saturated heterocycles. The Labute approximate surface area is 147 Å². The molecule has 0 saturated carbocycles. The molecule has 8 heteroatoms. The highest BCUT2D eigenvalue weighted by Crippen LogP contribution is 2.16. The number of pyridine rings is 1. The summed E-state index contributed by atoms with van der Waals surface area (Å²) in [4.78, 5) is 20.4. The number of aromatic amines is 1. The molecule has 3 N–H and O–H groups in total. The van der Waals surface area contributed by atoms with E-state index in [0.29, 0.717) is 17.3 Å². The van der Waals surface area contributed by atoms with E-state index in [2.05, 4.69) is 46.7 Å². The maximum Gasteiger partial charge on any atom is 0.319 e. The van der Waals surface area contributed by atoms with E-state index in [0.717, 1.165) is 10.0 Å². The van der Waals surface area contributed by atoms with Crippen LogP contribution >= 0.6 is 15.9 Å². The summed E-state index contributed by atoms with van der Waals surface area (Å²) >= 11 is 3.35. The Bertz CT molecular complexity index is 818. The van der Waals surface area contributed by atoms with Crippen LogP contribution in [0.4, 0.5) is 10.5 Å². The Morgan fingerprint density at radius 3 is 2.58 bits per heavy atom. The molecule has 0 unspecified atom stereocenters. The molecule has 0 aliphatic rings. The Balaban J connectivity index is 1.62. The van der Waals surface area contributed by atoms with Crippen LogP contribution in [0, 0.1) is 0 Å². The van der Waals surface area contributed by atoms with Crippen molar-refractivity contribution < 1.29 is 4.79 Å². The fourth-order valence-corrected chi connectivity index (χ4v) is 2.33. The first-order chi connectivity index (χ1) is 11.6. The summed E-state index contributed by atoms with van der Waals surface area (Å²) in [7, 11) is 0. The molecule has 3 aromatic rings.